The number of nitrogens with two attached hydrogens (primary N) is 1. The molecule has 0 saturated heterocycles. The van der Waals surface area contributed by atoms with Gasteiger partial charge in [-0.1, -0.05) is 61.9 Å². The van der Waals surface area contributed by atoms with Crippen molar-refractivity contribution in [1.29, 1.82) is 0 Å². The molecule has 0 saturated carbocycles. The molecule has 0 aliphatic rings. The molecule has 1 amide bonds. The first kappa shape index (κ1) is 26.2. The number of nitrogens with zero attached hydrogens (tertiary/aromatic N) is 5. The molecule has 0 fully saturated rings. The van der Waals surface area contributed by atoms with Crippen molar-refractivity contribution in [2.75, 3.05) is 0 Å². The second-order valence-corrected chi connectivity index (χ2v) is 10.4. The molecule has 2 aromatic carbocycles. The van der Waals surface area contributed by atoms with Crippen molar-refractivity contribution in [3.8, 4) is 22.5 Å². The molecule has 198 valence electrons. The van der Waals surface area contributed by atoms with Crippen LogP contribution in [0.5, 0.6) is 0 Å². The van der Waals surface area contributed by atoms with Crippen LogP contribution in [-0.4, -0.2) is 36.1 Å². The highest BCUT2D eigenvalue weighted by atomic mass is 32.1. The Kier molecular flexibility index (Phi) is 7.74. The lowest BCUT2D eigenvalue weighted by Gasteiger charge is -2.16. The van der Waals surface area contributed by atoms with E-state index in [0.717, 1.165) is 52.1 Å². The molecule has 3 heterocycles. The van der Waals surface area contributed by atoms with Crippen LogP contribution >= 0.6 is 11.3 Å². The number of primary amides is 1. The molecule has 0 aliphatic heterocycles. The van der Waals surface area contributed by atoms with Crippen molar-refractivity contribution in [2.45, 2.75) is 46.1 Å². The van der Waals surface area contributed by atoms with Gasteiger partial charge in [0.05, 0.1) is 17.8 Å². The fraction of sp³-hybridized carbons (Fsp3) is 0.241. The number of aromatic nitrogens is 6. The molecule has 3 aromatic heterocycles. The number of hydrogen-bond donors (Lipinski definition) is 2. The zero-order valence-corrected chi connectivity index (χ0v) is 22.7. The smallest absolute Gasteiger partial charge is 0.257 e. The van der Waals surface area contributed by atoms with Gasteiger partial charge in [0.25, 0.3) is 5.56 Å². The lowest BCUT2D eigenvalue weighted by molar-refractivity contribution is 0.1000. The largest absolute Gasteiger partial charge is 0.366 e. The summed E-state index contributed by atoms with van der Waals surface area (Å²) in [6, 6.07) is 17.8. The Labute approximate surface area is 229 Å². The van der Waals surface area contributed by atoms with E-state index in [1.54, 1.807) is 10.6 Å². The second kappa shape index (κ2) is 11.5. The number of amides is 1. The Morgan fingerprint density at radius 1 is 1.08 bits per heavy atom. The number of aromatic amines is 1. The van der Waals surface area contributed by atoms with Gasteiger partial charge in [-0.2, -0.15) is 5.21 Å². The van der Waals surface area contributed by atoms with Crippen LogP contribution in [0.1, 0.15) is 57.6 Å². The molecule has 5 aromatic rings. The second-order valence-electron chi connectivity index (χ2n) is 9.36. The quantitative estimate of drug-likeness (QED) is 0.268. The predicted molar refractivity (Wildman–Crippen MR) is 152 cm³/mol. The summed E-state index contributed by atoms with van der Waals surface area (Å²) in [5.41, 5.74) is 11.3. The number of nitrogens with one attached hydrogen (secondary N) is 1. The number of benzene rings is 2. The summed E-state index contributed by atoms with van der Waals surface area (Å²) in [7, 11) is 0. The summed E-state index contributed by atoms with van der Waals surface area (Å²) in [4.78, 5) is 31.3. The van der Waals surface area contributed by atoms with E-state index >= 15 is 0 Å². The monoisotopic (exact) mass is 539 g/mol. The zero-order chi connectivity index (χ0) is 27.4. The number of carbonyl (C=O) groups is 1. The number of H-pyrrole nitrogens is 1. The first-order chi connectivity index (χ1) is 19.0. The Hall–Kier alpha value is -4.44. The van der Waals surface area contributed by atoms with Crippen molar-refractivity contribution in [1.82, 2.24) is 30.2 Å². The van der Waals surface area contributed by atoms with Crippen LogP contribution in [-0.2, 0) is 19.4 Å². The molecule has 0 radical (unpaired) electrons. The van der Waals surface area contributed by atoms with E-state index in [2.05, 4.69) is 27.5 Å². The molecule has 0 aliphatic carbocycles. The molecule has 5 rings (SSSR count). The molecule has 39 heavy (non-hydrogen) atoms. The van der Waals surface area contributed by atoms with Gasteiger partial charge in [0.15, 0.2) is 0 Å². The highest BCUT2D eigenvalue weighted by Gasteiger charge is 2.18. The number of tetrazole rings is 1. The molecule has 0 atom stereocenters. The van der Waals surface area contributed by atoms with E-state index in [0.29, 0.717) is 29.2 Å². The summed E-state index contributed by atoms with van der Waals surface area (Å²) in [6.45, 7) is 4.23. The normalized spacial score (nSPS) is 11.1. The fourth-order valence-corrected chi connectivity index (χ4v) is 5.58. The Morgan fingerprint density at radius 2 is 1.85 bits per heavy atom. The molecule has 10 heteroatoms. The maximum Gasteiger partial charge on any atom is 0.257 e. The maximum absolute atomic E-state index is 13.8. The highest BCUT2D eigenvalue weighted by molar-refractivity contribution is 7.10. The van der Waals surface area contributed by atoms with E-state index in [1.165, 1.54) is 11.3 Å². The molecule has 0 unspecified atom stereocenters. The summed E-state index contributed by atoms with van der Waals surface area (Å²) in [6.07, 6.45) is 3.16. The Bertz CT molecular complexity index is 1650. The van der Waals surface area contributed by atoms with Crippen molar-refractivity contribution in [3.05, 3.63) is 103 Å². The van der Waals surface area contributed by atoms with Crippen LogP contribution in [0.15, 0.2) is 64.8 Å². The van der Waals surface area contributed by atoms with E-state index in [9.17, 15) is 9.59 Å². The summed E-state index contributed by atoms with van der Waals surface area (Å²) < 4.78 is 1.65. The van der Waals surface area contributed by atoms with Crippen molar-refractivity contribution < 1.29 is 4.79 Å². The number of aryl methyl sites for hydroxylation is 2. The van der Waals surface area contributed by atoms with Gasteiger partial charge < -0.3 is 5.73 Å². The van der Waals surface area contributed by atoms with Gasteiger partial charge in [-0.05, 0) is 53.1 Å². The number of carbonyl (C=O) groups excluding carboxylic acids is 1. The lowest BCUT2D eigenvalue weighted by Crippen LogP contribution is -2.30. The van der Waals surface area contributed by atoms with Gasteiger partial charge in [-0.25, -0.2) is 4.98 Å². The van der Waals surface area contributed by atoms with E-state index in [1.807, 2.05) is 60.8 Å². The van der Waals surface area contributed by atoms with Gasteiger partial charge in [0.1, 0.15) is 5.82 Å². The van der Waals surface area contributed by atoms with Gasteiger partial charge in [-0.3, -0.25) is 14.2 Å². The van der Waals surface area contributed by atoms with Crippen molar-refractivity contribution in [3.63, 3.8) is 0 Å². The van der Waals surface area contributed by atoms with Gasteiger partial charge in [0, 0.05) is 22.4 Å². The zero-order valence-electron chi connectivity index (χ0n) is 21.8. The minimum absolute atomic E-state index is 0.0797. The van der Waals surface area contributed by atoms with Crippen LogP contribution in [0, 0.1) is 6.92 Å². The van der Waals surface area contributed by atoms with E-state index in [-0.39, 0.29) is 12.1 Å². The molecule has 0 bridgehead atoms. The van der Waals surface area contributed by atoms with Crippen LogP contribution in [0.3, 0.4) is 0 Å². The average Bonchev–Trinajstić information content (AvgIpc) is 3.65. The van der Waals surface area contributed by atoms with E-state index < -0.39 is 5.91 Å². The summed E-state index contributed by atoms with van der Waals surface area (Å²) in [5.74, 6) is 0.671. The number of hydrogen-bond acceptors (Lipinski definition) is 7. The molecular formula is C29H29N7O2S. The highest BCUT2D eigenvalue weighted by Crippen LogP contribution is 2.30. The van der Waals surface area contributed by atoms with Crippen LogP contribution in [0.4, 0.5) is 0 Å². The maximum atomic E-state index is 13.8. The summed E-state index contributed by atoms with van der Waals surface area (Å²) >= 11 is 1.41. The number of rotatable bonds is 10. The van der Waals surface area contributed by atoms with Crippen LogP contribution in [0.2, 0.25) is 0 Å². The molecule has 0 spiro atoms. The third kappa shape index (κ3) is 5.56. The average molecular weight is 540 g/mol. The fourth-order valence-electron chi connectivity index (χ4n) is 4.71. The SMILES string of the molecule is CCCCc1nc(C)n(Cc2sccc2C(N)=O)c(=O)c1Cc1ccc(-c2ccccc2-c2nn[nH]n2)cc1. The van der Waals surface area contributed by atoms with Crippen LogP contribution < -0.4 is 11.3 Å². The molecular weight excluding hydrogens is 510 g/mol. The van der Waals surface area contributed by atoms with Crippen molar-refractivity contribution >= 4 is 17.2 Å². The first-order valence-electron chi connectivity index (χ1n) is 12.8. The third-order valence-corrected chi connectivity index (χ3v) is 7.68. The third-order valence-electron chi connectivity index (χ3n) is 6.78. The minimum Gasteiger partial charge on any atom is -0.366 e. The molecule has 9 nitrogen and oxygen atoms in total. The Morgan fingerprint density at radius 3 is 2.54 bits per heavy atom. The van der Waals surface area contributed by atoms with Gasteiger partial charge in [-0.15, -0.1) is 21.5 Å². The summed E-state index contributed by atoms with van der Waals surface area (Å²) in [5, 5.41) is 16.3. The number of thiophene rings is 1. The van der Waals surface area contributed by atoms with Gasteiger partial charge >= 0.3 is 0 Å². The predicted octanol–water partition coefficient (Wildman–Crippen LogP) is 4.54. The van der Waals surface area contributed by atoms with E-state index in [4.69, 9.17) is 10.7 Å². The van der Waals surface area contributed by atoms with Crippen molar-refractivity contribution in [2.24, 2.45) is 5.73 Å². The Balaban J connectivity index is 1.49. The molecule has 3 N–H and O–H groups in total. The van der Waals surface area contributed by atoms with Crippen LogP contribution in [0.25, 0.3) is 22.5 Å². The minimum atomic E-state index is -0.495. The lowest BCUT2D eigenvalue weighted by atomic mass is 9.96. The van der Waals surface area contributed by atoms with Gasteiger partial charge in [0.2, 0.25) is 11.7 Å². The first-order valence-corrected chi connectivity index (χ1v) is 13.7. The number of unbranched alkanes of at least 4 members (excludes halogenated alkanes) is 1. The topological polar surface area (TPSA) is 132 Å². The standard InChI is InChI=1S/C29H29N7O2S/c1-3-4-9-25-24(29(38)36(18(2)31-25)17-26-23(27(30)37)14-15-39-26)16-19-10-12-20(13-11-19)21-7-5-6-8-22(21)28-32-34-35-33-28/h5-8,10-15H,3-4,9,16-17H2,1-2H3,(H2,30,37)(H,32,33,34,35).